The minimum absolute atomic E-state index is 0.107. The average Bonchev–Trinajstić information content (AvgIpc) is 2.90. The van der Waals surface area contributed by atoms with Gasteiger partial charge in [0.15, 0.2) is 24.5 Å². The fourth-order valence-electron chi connectivity index (χ4n) is 4.07. The number of esters is 4. The highest BCUT2D eigenvalue weighted by molar-refractivity contribution is 5.81. The summed E-state index contributed by atoms with van der Waals surface area (Å²) in [5.74, 6) is -3.70. The second-order valence-electron chi connectivity index (χ2n) is 10.8. The summed E-state index contributed by atoms with van der Waals surface area (Å²) in [5.41, 5.74) is -0.201. The zero-order valence-corrected chi connectivity index (χ0v) is 25.8. The Bertz CT molecular complexity index is 1170. The molecular formula is C29H40N2O13. The molecule has 0 bridgehead atoms. The van der Waals surface area contributed by atoms with Crippen LogP contribution in [0.25, 0.3) is 0 Å². The van der Waals surface area contributed by atoms with Gasteiger partial charge in [-0.25, -0.2) is 9.59 Å². The standard InChI is InChI=1S/C29H40N2O13/c1-16(32)30-23-25(42-19(4)35)24(41-18(3)34)22(15-38-17(2)33)43-27(23)40-14-21(31-28(37)44-29(5,6)7)26(36)39-13-20-11-9-8-10-12-20/h8-12,21-25,27H,13-15H2,1-7H3,(H,30,32)(H,31,37)/t21-,22?,23?,24?,25?,27?/m0/s1. The van der Waals surface area contributed by atoms with Crippen LogP contribution in [0, 0.1) is 0 Å². The third-order valence-corrected chi connectivity index (χ3v) is 5.70. The molecule has 0 spiro atoms. The van der Waals surface area contributed by atoms with Gasteiger partial charge in [-0.15, -0.1) is 0 Å². The van der Waals surface area contributed by atoms with E-state index in [1.54, 1.807) is 51.1 Å². The molecule has 44 heavy (non-hydrogen) atoms. The number of hydrogen-bond donors (Lipinski definition) is 2. The molecule has 1 fully saturated rings. The Balaban J connectivity index is 2.37. The van der Waals surface area contributed by atoms with Gasteiger partial charge in [0.05, 0.1) is 6.61 Å². The van der Waals surface area contributed by atoms with Gasteiger partial charge in [-0.2, -0.15) is 0 Å². The molecule has 1 aromatic rings. The zero-order valence-electron chi connectivity index (χ0n) is 25.8. The first-order valence-electron chi connectivity index (χ1n) is 13.8. The Morgan fingerprint density at radius 2 is 1.48 bits per heavy atom. The number of carbonyl (C=O) groups excluding carboxylic acids is 6. The Labute approximate surface area is 255 Å². The molecular weight excluding hydrogens is 584 g/mol. The minimum Gasteiger partial charge on any atom is -0.463 e. The van der Waals surface area contributed by atoms with E-state index < -0.39 is 91.4 Å². The third kappa shape index (κ3) is 12.6. The summed E-state index contributed by atoms with van der Waals surface area (Å²) in [4.78, 5) is 73.4. The molecule has 15 heteroatoms. The highest BCUT2D eigenvalue weighted by atomic mass is 16.7. The summed E-state index contributed by atoms with van der Waals surface area (Å²) in [6.07, 6.45) is -6.35. The van der Waals surface area contributed by atoms with E-state index in [-0.39, 0.29) is 6.61 Å². The first-order chi connectivity index (χ1) is 20.6. The summed E-state index contributed by atoms with van der Waals surface area (Å²) >= 11 is 0. The van der Waals surface area contributed by atoms with Crippen LogP contribution in [0.1, 0.15) is 54.0 Å². The van der Waals surface area contributed by atoms with Crippen molar-refractivity contribution in [3.05, 3.63) is 35.9 Å². The van der Waals surface area contributed by atoms with E-state index >= 15 is 0 Å². The Morgan fingerprint density at radius 3 is 2.02 bits per heavy atom. The third-order valence-electron chi connectivity index (χ3n) is 5.70. The lowest BCUT2D eigenvalue weighted by atomic mass is 9.96. The SMILES string of the molecule is CC(=O)NC1C(OC[C@H](NC(=O)OC(C)(C)C)C(=O)OCc2ccccc2)OC(COC(C)=O)C(OC(C)=O)C1OC(C)=O. The predicted octanol–water partition coefficient (Wildman–Crippen LogP) is 1.30. The van der Waals surface area contributed by atoms with Crippen molar-refractivity contribution in [2.75, 3.05) is 13.2 Å². The molecule has 2 amide bonds. The quantitative estimate of drug-likeness (QED) is 0.250. The van der Waals surface area contributed by atoms with Crippen LogP contribution in [0.15, 0.2) is 30.3 Å². The summed E-state index contributed by atoms with van der Waals surface area (Å²) in [7, 11) is 0. The molecule has 244 valence electrons. The van der Waals surface area contributed by atoms with Crippen LogP contribution in [-0.4, -0.2) is 91.4 Å². The van der Waals surface area contributed by atoms with Crippen molar-refractivity contribution in [3.8, 4) is 0 Å². The largest absolute Gasteiger partial charge is 0.463 e. The van der Waals surface area contributed by atoms with Gasteiger partial charge < -0.3 is 43.8 Å². The van der Waals surface area contributed by atoms with E-state index in [0.29, 0.717) is 5.56 Å². The Morgan fingerprint density at radius 1 is 0.864 bits per heavy atom. The highest BCUT2D eigenvalue weighted by Crippen LogP contribution is 2.28. The lowest BCUT2D eigenvalue weighted by molar-refractivity contribution is -0.278. The highest BCUT2D eigenvalue weighted by Gasteiger charge is 2.51. The second-order valence-corrected chi connectivity index (χ2v) is 10.8. The van der Waals surface area contributed by atoms with E-state index in [0.717, 1.165) is 20.8 Å². The van der Waals surface area contributed by atoms with Crippen molar-refractivity contribution in [2.45, 2.75) is 97.4 Å². The first-order valence-corrected chi connectivity index (χ1v) is 13.8. The summed E-state index contributed by atoms with van der Waals surface area (Å²) < 4.78 is 38.3. The Hall–Kier alpha value is -4.24. The van der Waals surface area contributed by atoms with Gasteiger partial charge >= 0.3 is 30.0 Å². The van der Waals surface area contributed by atoms with E-state index in [1.165, 1.54) is 6.92 Å². The fourth-order valence-corrected chi connectivity index (χ4v) is 4.07. The van der Waals surface area contributed by atoms with Crippen molar-refractivity contribution in [1.29, 1.82) is 0 Å². The molecule has 1 aliphatic rings. The smallest absolute Gasteiger partial charge is 0.408 e. The number of rotatable bonds is 12. The number of hydrogen-bond acceptors (Lipinski definition) is 13. The van der Waals surface area contributed by atoms with Gasteiger partial charge in [0.2, 0.25) is 5.91 Å². The van der Waals surface area contributed by atoms with E-state index in [4.69, 9.17) is 33.2 Å². The van der Waals surface area contributed by atoms with Crippen LogP contribution >= 0.6 is 0 Å². The van der Waals surface area contributed by atoms with Gasteiger partial charge in [0.25, 0.3) is 0 Å². The van der Waals surface area contributed by atoms with Gasteiger partial charge in [-0.05, 0) is 26.3 Å². The summed E-state index contributed by atoms with van der Waals surface area (Å²) in [5, 5.41) is 4.96. The van der Waals surface area contributed by atoms with E-state index in [2.05, 4.69) is 10.6 Å². The molecule has 15 nitrogen and oxygen atoms in total. The van der Waals surface area contributed by atoms with Crippen LogP contribution in [-0.2, 0) is 63.7 Å². The number of amides is 2. The molecule has 1 saturated heterocycles. The minimum atomic E-state index is -1.47. The predicted molar refractivity (Wildman–Crippen MR) is 149 cm³/mol. The first kappa shape index (κ1) is 36.0. The van der Waals surface area contributed by atoms with Gasteiger partial charge in [0, 0.05) is 27.7 Å². The van der Waals surface area contributed by atoms with Gasteiger partial charge in [-0.1, -0.05) is 30.3 Å². The normalized spacial score (nSPS) is 22.0. The molecule has 6 atom stereocenters. The van der Waals surface area contributed by atoms with Crippen molar-refractivity contribution in [1.82, 2.24) is 10.6 Å². The molecule has 0 saturated carbocycles. The van der Waals surface area contributed by atoms with Gasteiger partial charge in [0.1, 0.15) is 31.0 Å². The van der Waals surface area contributed by atoms with Crippen LogP contribution in [0.5, 0.6) is 0 Å². The summed E-state index contributed by atoms with van der Waals surface area (Å²) in [6, 6.07) is 6.10. The molecule has 0 radical (unpaired) electrons. The van der Waals surface area contributed by atoms with Gasteiger partial charge in [-0.3, -0.25) is 19.2 Å². The number of benzene rings is 1. The molecule has 1 heterocycles. The number of nitrogens with one attached hydrogen (secondary N) is 2. The maximum Gasteiger partial charge on any atom is 0.408 e. The van der Waals surface area contributed by atoms with Crippen LogP contribution in [0.3, 0.4) is 0 Å². The van der Waals surface area contributed by atoms with Crippen molar-refractivity contribution < 1.29 is 61.9 Å². The molecule has 1 aliphatic heterocycles. The molecule has 0 aromatic heterocycles. The summed E-state index contributed by atoms with van der Waals surface area (Å²) in [6.45, 7) is 8.33. The van der Waals surface area contributed by atoms with E-state index in [9.17, 15) is 28.8 Å². The van der Waals surface area contributed by atoms with Crippen LogP contribution in [0.2, 0.25) is 0 Å². The topological polar surface area (TPSA) is 191 Å². The average molecular weight is 625 g/mol. The van der Waals surface area contributed by atoms with Crippen molar-refractivity contribution in [2.24, 2.45) is 0 Å². The maximum absolute atomic E-state index is 13.1. The molecule has 2 rings (SSSR count). The number of ether oxygens (including phenoxy) is 7. The fraction of sp³-hybridized carbons (Fsp3) is 0.586. The molecule has 5 unspecified atom stereocenters. The molecule has 1 aromatic carbocycles. The second kappa shape index (κ2) is 16.6. The monoisotopic (exact) mass is 624 g/mol. The molecule has 2 N–H and O–H groups in total. The lowest BCUT2D eigenvalue weighted by Gasteiger charge is -2.45. The van der Waals surface area contributed by atoms with Crippen LogP contribution in [0.4, 0.5) is 4.79 Å². The molecule has 0 aliphatic carbocycles. The van der Waals surface area contributed by atoms with Crippen molar-refractivity contribution >= 4 is 35.9 Å². The van der Waals surface area contributed by atoms with Crippen LogP contribution < -0.4 is 10.6 Å². The number of alkyl carbamates (subject to hydrolysis) is 1. The lowest BCUT2D eigenvalue weighted by Crippen LogP contribution is -2.67. The van der Waals surface area contributed by atoms with Crippen molar-refractivity contribution in [3.63, 3.8) is 0 Å². The Kier molecular flexibility index (Phi) is 13.5. The van der Waals surface area contributed by atoms with E-state index in [1.807, 2.05) is 0 Å². The zero-order chi connectivity index (χ0) is 33.0. The number of carbonyl (C=O) groups is 6. The maximum atomic E-state index is 13.1.